The van der Waals surface area contributed by atoms with Gasteiger partial charge in [0.25, 0.3) is 5.91 Å². The first-order chi connectivity index (χ1) is 34.1. The van der Waals surface area contributed by atoms with Crippen LogP contribution < -0.4 is 15.6 Å². The summed E-state index contributed by atoms with van der Waals surface area (Å²) >= 11 is 1.44. The lowest BCUT2D eigenvalue weighted by atomic mass is 9.78. The maximum absolute atomic E-state index is 14.8. The van der Waals surface area contributed by atoms with E-state index in [1.807, 2.05) is 32.3 Å². The maximum Gasteiger partial charge on any atom is 0.324 e. The van der Waals surface area contributed by atoms with Crippen LogP contribution in [0.4, 0.5) is 5.69 Å². The number of esters is 1. The number of rotatable bonds is 9. The Bertz CT molecular complexity index is 2770. The summed E-state index contributed by atoms with van der Waals surface area (Å²) in [5, 5.41) is 8.32. The number of aromatic nitrogens is 3. The van der Waals surface area contributed by atoms with Crippen molar-refractivity contribution in [2.75, 3.05) is 71.1 Å². The fourth-order valence-electron chi connectivity index (χ4n) is 11.8. The Hall–Kier alpha value is -5.69. The Labute approximate surface area is 419 Å². The van der Waals surface area contributed by atoms with E-state index in [0.29, 0.717) is 57.0 Å². The molecule has 378 valence electrons. The summed E-state index contributed by atoms with van der Waals surface area (Å²) in [6, 6.07) is 4.05. The van der Waals surface area contributed by atoms with Crippen molar-refractivity contribution >= 4 is 57.5 Å². The predicted molar refractivity (Wildman–Crippen MR) is 269 cm³/mol. The highest BCUT2D eigenvalue weighted by molar-refractivity contribution is 7.10. The van der Waals surface area contributed by atoms with Gasteiger partial charge in [0, 0.05) is 86.7 Å². The number of ether oxygens (including phenoxy) is 3. The fourth-order valence-corrected chi connectivity index (χ4v) is 12.6. The minimum atomic E-state index is -1.07. The molecule has 6 bridgehead atoms. The summed E-state index contributed by atoms with van der Waals surface area (Å²) in [7, 11) is 1.72. The zero-order valence-corrected chi connectivity index (χ0v) is 42.7. The van der Waals surface area contributed by atoms with Gasteiger partial charge < -0.3 is 38.8 Å². The van der Waals surface area contributed by atoms with E-state index in [2.05, 4.69) is 58.8 Å². The van der Waals surface area contributed by atoms with Gasteiger partial charge in [-0.15, -0.1) is 11.3 Å². The summed E-state index contributed by atoms with van der Waals surface area (Å²) in [5.41, 5.74) is 11.2. The molecule has 0 saturated carbocycles. The third kappa shape index (κ3) is 9.14. The number of nitrogens with zero attached hydrogens (tertiary/aromatic N) is 7. The van der Waals surface area contributed by atoms with Gasteiger partial charge in [-0.1, -0.05) is 34.3 Å². The van der Waals surface area contributed by atoms with E-state index in [0.717, 1.165) is 77.3 Å². The van der Waals surface area contributed by atoms with Gasteiger partial charge >= 0.3 is 5.97 Å². The number of carbonyl (C=O) groups excluding carboxylic acids is 5. The molecule has 4 atom stereocenters. The molecule has 4 fully saturated rings. The maximum atomic E-state index is 14.8. The Morgan fingerprint density at radius 3 is 2.58 bits per heavy atom. The van der Waals surface area contributed by atoms with Crippen molar-refractivity contribution in [1.29, 1.82) is 0 Å². The van der Waals surface area contributed by atoms with E-state index in [9.17, 15) is 24.0 Å². The average molecular weight is 990 g/mol. The van der Waals surface area contributed by atoms with Gasteiger partial charge in [0.2, 0.25) is 17.7 Å². The van der Waals surface area contributed by atoms with Gasteiger partial charge in [-0.05, 0) is 86.8 Å². The number of anilines is 1. The number of thiazole rings is 1. The summed E-state index contributed by atoms with van der Waals surface area (Å²) in [5.74, 6) is -1.96. The zero-order chi connectivity index (χ0) is 49.9. The van der Waals surface area contributed by atoms with E-state index < -0.39 is 46.7 Å². The van der Waals surface area contributed by atoms with Crippen molar-refractivity contribution in [3.8, 4) is 22.5 Å². The molecule has 0 unspecified atom stereocenters. The highest BCUT2D eigenvalue weighted by Gasteiger charge is 2.57. The van der Waals surface area contributed by atoms with Crippen molar-refractivity contribution in [3.63, 3.8) is 0 Å². The second-order valence-electron chi connectivity index (χ2n) is 21.5. The van der Waals surface area contributed by atoms with Crippen LogP contribution in [0.5, 0.6) is 0 Å². The number of nitrogens with one attached hydrogen (secondary N) is 2. The molecule has 4 saturated heterocycles. The molecule has 1 aromatic carbocycles. The van der Waals surface area contributed by atoms with Crippen molar-refractivity contribution in [1.82, 2.24) is 40.1 Å². The van der Waals surface area contributed by atoms with E-state index in [-0.39, 0.29) is 50.0 Å². The number of amides is 4. The van der Waals surface area contributed by atoms with Crippen molar-refractivity contribution < 1.29 is 38.2 Å². The van der Waals surface area contributed by atoms with E-state index in [1.54, 1.807) is 16.9 Å². The monoisotopic (exact) mass is 989 g/mol. The number of aryl methyl sites for hydroxylation is 2. The number of hydrazine groups is 1. The molecule has 1 spiro atoms. The molecule has 17 nitrogen and oxygen atoms in total. The third-order valence-electron chi connectivity index (χ3n) is 15.5. The molecule has 3 aromatic heterocycles. The lowest BCUT2D eigenvalue weighted by molar-refractivity contribution is -0.156. The minimum Gasteiger partial charge on any atom is -0.464 e. The molecule has 4 aromatic rings. The number of methoxy groups -OCH3 is 1. The lowest BCUT2D eigenvalue weighted by Gasteiger charge is -2.46. The largest absolute Gasteiger partial charge is 0.464 e. The van der Waals surface area contributed by atoms with Gasteiger partial charge in [-0.3, -0.25) is 34.0 Å². The second-order valence-corrected chi connectivity index (χ2v) is 22.4. The van der Waals surface area contributed by atoms with Crippen LogP contribution in [0.2, 0.25) is 0 Å². The van der Waals surface area contributed by atoms with E-state index in [1.165, 1.54) is 33.5 Å². The molecule has 2 N–H and O–H groups in total. The number of fused-ring (bicyclic) bond motifs is 6. The van der Waals surface area contributed by atoms with Crippen LogP contribution in [0, 0.1) is 16.7 Å². The van der Waals surface area contributed by atoms with Gasteiger partial charge in [0.15, 0.2) is 0 Å². The molecule has 6 aliphatic heterocycles. The molecular weight excluding hydrogens is 923 g/mol. The molecule has 0 aliphatic carbocycles. The normalized spacial score (nSPS) is 23.1. The van der Waals surface area contributed by atoms with Crippen LogP contribution in [0.15, 0.2) is 42.4 Å². The number of morpholine rings is 1. The first-order valence-corrected chi connectivity index (χ1v) is 26.2. The molecular formula is C53H67N9O8S. The average Bonchev–Trinajstić information content (AvgIpc) is 4.06. The van der Waals surface area contributed by atoms with Crippen LogP contribution in [0.1, 0.15) is 88.2 Å². The number of benzene rings is 1. The summed E-state index contributed by atoms with van der Waals surface area (Å²) in [4.78, 5) is 85.9. The smallest absolute Gasteiger partial charge is 0.324 e. The molecule has 18 heteroatoms. The number of hydrogen-bond acceptors (Lipinski definition) is 13. The molecule has 4 amide bonds. The number of likely N-dealkylation sites (tertiary alicyclic amines) is 2. The molecule has 6 aliphatic rings. The summed E-state index contributed by atoms with van der Waals surface area (Å²) in [6.45, 7) is 18.7. The minimum absolute atomic E-state index is 0.0892. The topological polar surface area (TPSA) is 181 Å². The van der Waals surface area contributed by atoms with Crippen LogP contribution in [0.3, 0.4) is 0 Å². The molecule has 9 heterocycles. The standard InChI is InChI=1S/C53H67N9O8S/c1-8-43(63)59-28-53(29-59)13-16-61(51(53)67)45(31(2)3)48(64)56-40-24-42-55-41(27-71-42)34-21-33-11-9-14-60-46(33)36(22-34)38(25-52(5,6)30-70-50(66)39-12-10-15-62(57-39)49(40)65)47(60)37-23-35(58-17-19-69-20-18-58)26-54-44(37)32(4)68-7/h8,21-23,26-27,31-32,39-40,45,57H,1,9-20,24-25,28-30H2,2-7H3,(H,56,64)/t32-,39-,40-,45-/m0/s1. The zero-order valence-electron chi connectivity index (χ0n) is 41.9. The van der Waals surface area contributed by atoms with Crippen LogP contribution >= 0.6 is 11.3 Å². The highest BCUT2D eigenvalue weighted by Crippen LogP contribution is 2.46. The fraction of sp³-hybridized carbons (Fsp3) is 0.566. The quantitative estimate of drug-likeness (QED) is 0.165. The number of carbonyl (C=O) groups is 5. The van der Waals surface area contributed by atoms with Crippen LogP contribution in [-0.4, -0.2) is 143 Å². The van der Waals surface area contributed by atoms with Crippen LogP contribution in [-0.2, 0) is 64.0 Å². The van der Waals surface area contributed by atoms with Gasteiger partial charge in [0.05, 0.1) is 70.8 Å². The van der Waals surface area contributed by atoms with Crippen molar-refractivity contribution in [2.45, 2.75) is 110 Å². The predicted octanol–water partition coefficient (Wildman–Crippen LogP) is 5.24. The van der Waals surface area contributed by atoms with Crippen LogP contribution in [0.25, 0.3) is 33.4 Å². The van der Waals surface area contributed by atoms with E-state index in [4.69, 9.17) is 24.2 Å². The Kier molecular flexibility index (Phi) is 13.4. The van der Waals surface area contributed by atoms with Gasteiger partial charge in [-0.25, -0.2) is 10.4 Å². The van der Waals surface area contributed by atoms with Gasteiger partial charge in [0.1, 0.15) is 18.1 Å². The molecule has 71 heavy (non-hydrogen) atoms. The van der Waals surface area contributed by atoms with Crippen molar-refractivity contribution in [3.05, 3.63) is 64.3 Å². The lowest BCUT2D eigenvalue weighted by Crippen LogP contribution is -2.64. The highest BCUT2D eigenvalue weighted by atomic mass is 32.1. The second kappa shape index (κ2) is 19.4. The Morgan fingerprint density at radius 1 is 1.04 bits per heavy atom. The first kappa shape index (κ1) is 48.9. The van der Waals surface area contributed by atoms with Crippen molar-refractivity contribution in [2.24, 2.45) is 16.7 Å². The Morgan fingerprint density at radius 2 is 1.83 bits per heavy atom. The number of cyclic esters (lactones) is 1. The van der Waals surface area contributed by atoms with E-state index >= 15 is 0 Å². The first-order valence-electron chi connectivity index (χ1n) is 25.3. The molecule has 0 radical (unpaired) electrons. The Balaban J connectivity index is 1.04. The summed E-state index contributed by atoms with van der Waals surface area (Å²) < 4.78 is 20.4. The number of pyridine rings is 1. The summed E-state index contributed by atoms with van der Waals surface area (Å²) in [6.07, 6.45) is 6.95. The number of hydrogen-bond donors (Lipinski definition) is 2. The third-order valence-corrected chi connectivity index (χ3v) is 16.4. The van der Waals surface area contributed by atoms with Gasteiger partial charge in [-0.2, -0.15) is 0 Å². The SMILES string of the molecule is C=CC(=O)N1CC2(CCN([C@H](C(=O)N[C@H]3Cc4nc(cs4)-c4cc5c6c(c4)c(c(-c4cc(N7CCOCC7)cnc4[C@H](C)OC)n6CCC5)CC(C)(C)COC(=O)[C@@H]4CCCN(N4)C3=O)C(C)C)C2=O)C1. The molecule has 10 rings (SSSR count).